The van der Waals surface area contributed by atoms with Gasteiger partial charge in [-0.2, -0.15) is 4.31 Å². The number of hydrogen-bond acceptors (Lipinski definition) is 9. The zero-order chi connectivity index (χ0) is 27.3. The maximum Gasteiger partial charge on any atom is 0.275 e. The van der Waals surface area contributed by atoms with Gasteiger partial charge >= 0.3 is 0 Å². The van der Waals surface area contributed by atoms with Crippen molar-refractivity contribution in [3.63, 3.8) is 0 Å². The van der Waals surface area contributed by atoms with Crippen LogP contribution in [-0.4, -0.2) is 78.1 Å². The molecule has 208 valence electrons. The standard InChI is InChI=1S/C25H35N6O6S/c1-4-6-18-17-29(3)23-22(18)26-24(27-25(23)32)20-16-19(7-8-21(20)36-14-5-2)38(34,35)31-11-9-30(10-12-31)13-15-37-28-33/h7-8,16-17,28H,4-6,9-15H2,1-3H3,(H,26,27,32)/q-1. The predicted octanol–water partition coefficient (Wildman–Crippen LogP) is 2.00. The van der Waals surface area contributed by atoms with E-state index >= 15 is 0 Å². The smallest absolute Gasteiger partial charge is 0.275 e. The zero-order valence-electron chi connectivity index (χ0n) is 22.0. The molecule has 3 heterocycles. The van der Waals surface area contributed by atoms with Crippen molar-refractivity contribution in [3.05, 3.63) is 45.5 Å². The molecule has 0 aliphatic carbocycles. The van der Waals surface area contributed by atoms with Gasteiger partial charge < -0.3 is 24.3 Å². The van der Waals surface area contributed by atoms with Crippen LogP contribution in [-0.2, 0) is 28.3 Å². The Morgan fingerprint density at radius 1 is 1.13 bits per heavy atom. The number of aryl methyl sites for hydroxylation is 2. The highest BCUT2D eigenvalue weighted by atomic mass is 32.2. The summed E-state index contributed by atoms with van der Waals surface area (Å²) in [5.41, 5.74) is 3.58. The summed E-state index contributed by atoms with van der Waals surface area (Å²) in [6.45, 7) is 6.88. The van der Waals surface area contributed by atoms with Crippen LogP contribution in [0.25, 0.3) is 22.4 Å². The number of hydrogen-bond donors (Lipinski definition) is 2. The molecule has 38 heavy (non-hydrogen) atoms. The number of aromatic nitrogens is 3. The van der Waals surface area contributed by atoms with E-state index in [0.717, 1.165) is 24.8 Å². The van der Waals surface area contributed by atoms with Crippen LogP contribution in [0, 0.1) is 5.21 Å². The Balaban J connectivity index is 1.70. The van der Waals surface area contributed by atoms with E-state index in [1.165, 1.54) is 22.1 Å². The molecule has 1 aromatic carbocycles. The summed E-state index contributed by atoms with van der Waals surface area (Å²) in [7, 11) is -2.00. The van der Waals surface area contributed by atoms with Crippen molar-refractivity contribution in [2.75, 3.05) is 45.9 Å². The van der Waals surface area contributed by atoms with E-state index in [9.17, 15) is 18.4 Å². The second-order valence-electron chi connectivity index (χ2n) is 9.31. The lowest BCUT2D eigenvalue weighted by atomic mass is 10.1. The monoisotopic (exact) mass is 547 g/mol. The Morgan fingerprint density at radius 3 is 2.58 bits per heavy atom. The van der Waals surface area contributed by atoms with Crippen molar-refractivity contribution in [1.29, 1.82) is 0 Å². The topological polar surface area (TPSA) is 145 Å². The van der Waals surface area contributed by atoms with Crippen molar-refractivity contribution in [1.82, 2.24) is 29.4 Å². The molecule has 2 N–H and O–H groups in total. The SMILES string of the molecule is CCCOc1ccc(S(=O)(=O)N2CCN(CCON[O-])CC2)cc1-c1nc2c(CCC)cn(C)c2c(=O)[nH]1. The van der Waals surface area contributed by atoms with Crippen LogP contribution >= 0.6 is 0 Å². The Kier molecular flexibility index (Phi) is 9.18. The summed E-state index contributed by atoms with van der Waals surface area (Å²) in [6, 6.07) is 4.70. The zero-order valence-corrected chi connectivity index (χ0v) is 22.8. The minimum Gasteiger partial charge on any atom is -0.765 e. The summed E-state index contributed by atoms with van der Waals surface area (Å²) in [6.07, 6.45) is 4.35. The Bertz CT molecular complexity index is 1410. The molecule has 0 amide bonds. The lowest BCUT2D eigenvalue weighted by molar-refractivity contribution is 0.0455. The van der Waals surface area contributed by atoms with Gasteiger partial charge in [-0.05, 0) is 36.6 Å². The molecular formula is C25H35N6O6S-. The largest absolute Gasteiger partial charge is 0.765 e. The van der Waals surface area contributed by atoms with Crippen LogP contribution in [0.15, 0.2) is 34.1 Å². The number of nitrogens with zero attached hydrogens (tertiary/aromatic N) is 4. The number of rotatable bonds is 12. The molecular weight excluding hydrogens is 512 g/mol. The molecule has 1 saturated heterocycles. The van der Waals surface area contributed by atoms with Gasteiger partial charge in [0.2, 0.25) is 10.0 Å². The third-order valence-corrected chi connectivity index (χ3v) is 8.52. The number of H-pyrrole nitrogens is 1. The first-order valence-corrected chi connectivity index (χ1v) is 14.3. The van der Waals surface area contributed by atoms with E-state index in [-0.39, 0.29) is 22.9 Å². The summed E-state index contributed by atoms with van der Waals surface area (Å²) in [5.74, 6) is 0.726. The number of nitrogens with one attached hydrogen (secondary N) is 2. The minimum atomic E-state index is -3.81. The number of piperazine rings is 1. The van der Waals surface area contributed by atoms with Crippen LogP contribution in [0.1, 0.15) is 32.3 Å². The molecule has 1 aliphatic rings. The molecule has 0 spiro atoms. The van der Waals surface area contributed by atoms with Crippen molar-refractivity contribution >= 4 is 21.1 Å². The van der Waals surface area contributed by atoms with Crippen LogP contribution in [0.4, 0.5) is 0 Å². The second kappa shape index (κ2) is 12.4. The first-order chi connectivity index (χ1) is 18.3. The lowest BCUT2D eigenvalue weighted by Gasteiger charge is -2.34. The second-order valence-corrected chi connectivity index (χ2v) is 11.2. The molecule has 13 heteroatoms. The third-order valence-electron chi connectivity index (χ3n) is 6.63. The number of ether oxygens (including phenoxy) is 1. The fourth-order valence-corrected chi connectivity index (χ4v) is 6.16. The highest BCUT2D eigenvalue weighted by Gasteiger charge is 2.29. The normalized spacial score (nSPS) is 15.4. The number of fused-ring (bicyclic) bond motifs is 1. The van der Waals surface area contributed by atoms with E-state index in [1.54, 1.807) is 10.6 Å². The summed E-state index contributed by atoms with van der Waals surface area (Å²) < 4.78 is 36.3. The number of aromatic amines is 1. The van der Waals surface area contributed by atoms with Crippen molar-refractivity contribution in [2.45, 2.75) is 38.0 Å². The van der Waals surface area contributed by atoms with Crippen LogP contribution < -0.4 is 15.9 Å². The van der Waals surface area contributed by atoms with Gasteiger partial charge in [0.05, 0.1) is 29.2 Å². The summed E-state index contributed by atoms with van der Waals surface area (Å²) >= 11 is 0. The van der Waals surface area contributed by atoms with Gasteiger partial charge in [-0.3, -0.25) is 15.3 Å². The number of sulfonamides is 1. The van der Waals surface area contributed by atoms with Gasteiger partial charge in [-0.1, -0.05) is 20.3 Å². The van der Waals surface area contributed by atoms with Crippen molar-refractivity contribution in [2.24, 2.45) is 7.05 Å². The Labute approximate surface area is 222 Å². The van der Waals surface area contributed by atoms with Crippen LogP contribution in [0.2, 0.25) is 0 Å². The lowest BCUT2D eigenvalue weighted by Crippen LogP contribution is -2.49. The molecule has 0 radical (unpaired) electrons. The molecule has 4 rings (SSSR count). The van der Waals surface area contributed by atoms with Gasteiger partial charge in [0.25, 0.3) is 5.56 Å². The van der Waals surface area contributed by atoms with Gasteiger partial charge in [0, 0.05) is 46.0 Å². The van der Waals surface area contributed by atoms with Crippen molar-refractivity contribution < 1.29 is 18.0 Å². The predicted molar refractivity (Wildman–Crippen MR) is 144 cm³/mol. The van der Waals surface area contributed by atoms with E-state index in [4.69, 9.17) is 9.72 Å². The van der Waals surface area contributed by atoms with Crippen molar-refractivity contribution in [3.8, 4) is 17.1 Å². The van der Waals surface area contributed by atoms with E-state index in [1.807, 2.05) is 25.1 Å². The Morgan fingerprint density at radius 2 is 1.89 bits per heavy atom. The van der Waals surface area contributed by atoms with Gasteiger partial charge in [0.15, 0.2) is 0 Å². The van der Waals surface area contributed by atoms with Gasteiger partial charge in [0.1, 0.15) is 17.1 Å². The third kappa shape index (κ3) is 5.92. The summed E-state index contributed by atoms with van der Waals surface area (Å²) in [4.78, 5) is 27.5. The molecule has 0 bridgehead atoms. The van der Waals surface area contributed by atoms with E-state index in [2.05, 4.69) is 16.7 Å². The van der Waals surface area contributed by atoms with Gasteiger partial charge in [-0.15, -0.1) is 0 Å². The molecule has 0 unspecified atom stereocenters. The van der Waals surface area contributed by atoms with E-state index < -0.39 is 10.0 Å². The Hall–Kier alpha value is -2.81. The molecule has 1 aliphatic heterocycles. The van der Waals surface area contributed by atoms with Crippen LogP contribution in [0.3, 0.4) is 0 Å². The molecule has 1 fully saturated rings. The molecule has 12 nitrogen and oxygen atoms in total. The maximum atomic E-state index is 13.6. The fraction of sp³-hybridized carbons (Fsp3) is 0.520. The molecule has 0 atom stereocenters. The molecule has 2 aromatic heterocycles. The minimum absolute atomic E-state index is 0.105. The highest BCUT2D eigenvalue weighted by molar-refractivity contribution is 7.89. The van der Waals surface area contributed by atoms with Gasteiger partial charge in [-0.25, -0.2) is 13.4 Å². The molecule has 3 aromatic rings. The summed E-state index contributed by atoms with van der Waals surface area (Å²) in [5, 5.41) is 10.2. The fourth-order valence-electron chi connectivity index (χ4n) is 4.71. The number of benzene rings is 1. The first kappa shape index (κ1) is 28.2. The average Bonchev–Trinajstić information content (AvgIpc) is 3.23. The highest BCUT2D eigenvalue weighted by Crippen LogP contribution is 2.32. The average molecular weight is 548 g/mol. The van der Waals surface area contributed by atoms with E-state index in [0.29, 0.717) is 61.7 Å². The first-order valence-electron chi connectivity index (χ1n) is 12.9. The maximum absolute atomic E-state index is 13.6. The quantitative estimate of drug-likeness (QED) is 0.257. The molecule has 0 saturated carbocycles. The van der Waals surface area contributed by atoms with Crippen LogP contribution in [0.5, 0.6) is 5.75 Å².